The summed E-state index contributed by atoms with van der Waals surface area (Å²) in [6, 6.07) is -0.429. The van der Waals surface area contributed by atoms with Gasteiger partial charge in [-0.1, -0.05) is 5.92 Å². The van der Waals surface area contributed by atoms with Crippen LogP contribution in [0.5, 0.6) is 0 Å². The first-order valence-electron chi connectivity index (χ1n) is 4.78. The third-order valence-electron chi connectivity index (χ3n) is 1.70. The Labute approximate surface area is 99.6 Å². The molecule has 0 aromatic rings. The van der Waals surface area contributed by atoms with Crippen molar-refractivity contribution < 1.29 is 14.7 Å². The first-order valence-corrected chi connectivity index (χ1v) is 6.18. The number of carbonyl (C=O) groups is 2. The van der Waals surface area contributed by atoms with Crippen LogP contribution in [0.4, 0.5) is 4.79 Å². The lowest BCUT2D eigenvalue weighted by Crippen LogP contribution is -2.43. The molecule has 5 nitrogen and oxygen atoms in total. The number of nitrogens with zero attached hydrogens (tertiary/aromatic N) is 1. The molecule has 0 bridgehead atoms. The smallest absolute Gasteiger partial charge is 0.323 e. The third kappa shape index (κ3) is 7.01. The lowest BCUT2D eigenvalue weighted by Gasteiger charge is -2.18. The zero-order chi connectivity index (χ0) is 12.4. The Bertz CT molecular complexity index is 276. The lowest BCUT2D eigenvalue weighted by atomic mass is 10.4. The van der Waals surface area contributed by atoms with Crippen LogP contribution in [0.25, 0.3) is 0 Å². The summed E-state index contributed by atoms with van der Waals surface area (Å²) in [4.78, 5) is 23.0. The van der Waals surface area contributed by atoms with Gasteiger partial charge >= 0.3 is 12.0 Å². The van der Waals surface area contributed by atoms with Gasteiger partial charge in [0, 0.05) is 6.54 Å². The van der Waals surface area contributed by atoms with Crippen molar-refractivity contribution in [3.05, 3.63) is 0 Å². The number of hydrogen-bond donors (Lipinski definition) is 2. The normalized spacial score (nSPS) is 9.25. The van der Waals surface area contributed by atoms with Gasteiger partial charge in [0.15, 0.2) is 0 Å². The maximum absolute atomic E-state index is 11.5. The molecule has 0 aliphatic rings. The summed E-state index contributed by atoms with van der Waals surface area (Å²) in [5, 5.41) is 11.2. The lowest BCUT2D eigenvalue weighted by molar-refractivity contribution is -0.137. The van der Waals surface area contributed by atoms with Gasteiger partial charge in [-0.2, -0.15) is 11.8 Å². The molecule has 0 saturated heterocycles. The zero-order valence-corrected chi connectivity index (χ0v) is 10.0. The maximum Gasteiger partial charge on any atom is 0.323 e. The molecular formula is C10H16N2O3S. The number of hydrogen-bond acceptors (Lipinski definition) is 3. The molecule has 0 aliphatic carbocycles. The van der Waals surface area contributed by atoms with Crippen LogP contribution in [-0.2, 0) is 4.79 Å². The quantitative estimate of drug-likeness (QED) is 0.504. The first-order chi connectivity index (χ1) is 7.61. The summed E-state index contributed by atoms with van der Waals surface area (Å²) in [5.74, 6) is 2.13. The Balaban J connectivity index is 3.97. The topological polar surface area (TPSA) is 69.6 Å². The minimum absolute atomic E-state index is 0.000656. The van der Waals surface area contributed by atoms with Crippen LogP contribution < -0.4 is 5.32 Å². The molecule has 90 valence electrons. The van der Waals surface area contributed by atoms with E-state index in [4.69, 9.17) is 11.5 Å². The Morgan fingerprint density at radius 1 is 1.56 bits per heavy atom. The summed E-state index contributed by atoms with van der Waals surface area (Å²) in [7, 11) is 0. The molecule has 0 atom stereocenters. The fraction of sp³-hybridized carbons (Fsp3) is 0.600. The zero-order valence-electron chi connectivity index (χ0n) is 9.23. The highest BCUT2D eigenvalue weighted by atomic mass is 32.2. The molecule has 0 fully saturated rings. The van der Waals surface area contributed by atoms with Crippen LogP contribution in [0.2, 0.25) is 0 Å². The van der Waals surface area contributed by atoms with E-state index in [1.165, 1.54) is 0 Å². The van der Waals surface area contributed by atoms with Crippen LogP contribution in [-0.4, -0.2) is 53.6 Å². The molecule has 6 heteroatoms. The molecule has 0 rings (SSSR count). The molecule has 0 heterocycles. The number of amides is 2. The number of nitrogens with one attached hydrogen (secondary N) is 1. The fourth-order valence-electron chi connectivity index (χ4n) is 0.997. The molecule has 0 aromatic heterocycles. The predicted molar refractivity (Wildman–Crippen MR) is 64.4 cm³/mol. The average molecular weight is 244 g/mol. The van der Waals surface area contributed by atoms with Crippen LogP contribution in [0.3, 0.4) is 0 Å². The average Bonchev–Trinajstić information content (AvgIpc) is 2.23. The van der Waals surface area contributed by atoms with Crippen LogP contribution >= 0.6 is 11.8 Å². The van der Waals surface area contributed by atoms with E-state index < -0.39 is 12.0 Å². The predicted octanol–water partition coefficient (Wildman–Crippen LogP) is 0.469. The van der Waals surface area contributed by atoms with Gasteiger partial charge in [0.05, 0.1) is 6.54 Å². The molecule has 0 unspecified atom stereocenters. The SMILES string of the molecule is C#CCN(CC(=O)O)C(=O)NCCCSC. The molecule has 16 heavy (non-hydrogen) atoms. The van der Waals surface area contributed by atoms with Crippen molar-refractivity contribution in [1.29, 1.82) is 0 Å². The summed E-state index contributed by atoms with van der Waals surface area (Å²) < 4.78 is 0. The van der Waals surface area contributed by atoms with E-state index in [1.54, 1.807) is 11.8 Å². The van der Waals surface area contributed by atoms with Crippen molar-refractivity contribution in [2.45, 2.75) is 6.42 Å². The molecule has 0 aliphatic heterocycles. The van der Waals surface area contributed by atoms with E-state index in [2.05, 4.69) is 11.2 Å². The number of thioether (sulfide) groups is 1. The van der Waals surface area contributed by atoms with Crippen LogP contribution in [0.1, 0.15) is 6.42 Å². The van der Waals surface area contributed by atoms with Gasteiger partial charge in [0.1, 0.15) is 6.54 Å². The highest BCUT2D eigenvalue weighted by Crippen LogP contribution is 1.94. The number of aliphatic carboxylic acids is 1. The maximum atomic E-state index is 11.5. The van der Waals surface area contributed by atoms with E-state index in [0.717, 1.165) is 17.1 Å². The molecule has 0 aromatic carbocycles. The second-order valence-corrected chi connectivity index (χ2v) is 4.02. The Morgan fingerprint density at radius 3 is 2.75 bits per heavy atom. The number of carbonyl (C=O) groups excluding carboxylic acids is 1. The molecule has 2 amide bonds. The summed E-state index contributed by atoms with van der Waals surface area (Å²) in [5.41, 5.74) is 0. The second kappa shape index (κ2) is 8.92. The molecule has 0 spiro atoms. The Kier molecular flexibility index (Phi) is 8.17. The number of urea groups is 1. The minimum atomic E-state index is -1.07. The summed E-state index contributed by atoms with van der Waals surface area (Å²) in [6.07, 6.45) is 7.89. The van der Waals surface area contributed by atoms with Crippen molar-refractivity contribution in [1.82, 2.24) is 10.2 Å². The van der Waals surface area contributed by atoms with Crippen LogP contribution in [0.15, 0.2) is 0 Å². The van der Waals surface area contributed by atoms with Gasteiger partial charge in [-0.15, -0.1) is 6.42 Å². The largest absolute Gasteiger partial charge is 0.480 e. The van der Waals surface area contributed by atoms with Gasteiger partial charge in [-0.3, -0.25) is 4.79 Å². The van der Waals surface area contributed by atoms with Crippen molar-refractivity contribution in [3.63, 3.8) is 0 Å². The van der Waals surface area contributed by atoms with Crippen molar-refractivity contribution >= 4 is 23.8 Å². The van der Waals surface area contributed by atoms with Crippen LogP contribution in [0, 0.1) is 12.3 Å². The fourth-order valence-corrected chi connectivity index (χ4v) is 1.43. The van der Waals surface area contributed by atoms with E-state index >= 15 is 0 Å². The standard InChI is InChI=1S/C10H16N2O3S/c1-3-6-12(8-9(13)14)10(15)11-5-4-7-16-2/h1H,4-8H2,2H3,(H,11,15)(H,13,14). The van der Waals surface area contributed by atoms with Gasteiger partial charge in [-0.25, -0.2) is 4.79 Å². The Hall–Kier alpha value is -1.35. The highest BCUT2D eigenvalue weighted by molar-refractivity contribution is 7.98. The van der Waals surface area contributed by atoms with E-state index in [1.807, 2.05) is 6.26 Å². The second-order valence-electron chi connectivity index (χ2n) is 3.03. The van der Waals surface area contributed by atoms with Gasteiger partial charge in [0.25, 0.3) is 0 Å². The van der Waals surface area contributed by atoms with E-state index in [9.17, 15) is 9.59 Å². The number of rotatable bonds is 7. The molecule has 0 saturated carbocycles. The van der Waals surface area contributed by atoms with Gasteiger partial charge < -0.3 is 15.3 Å². The van der Waals surface area contributed by atoms with E-state index in [0.29, 0.717) is 6.54 Å². The van der Waals surface area contributed by atoms with Gasteiger partial charge in [0.2, 0.25) is 0 Å². The molecule has 2 N–H and O–H groups in total. The summed E-state index contributed by atoms with van der Waals surface area (Å²) >= 11 is 1.69. The first kappa shape index (κ1) is 14.6. The summed E-state index contributed by atoms with van der Waals surface area (Å²) in [6.45, 7) is 0.152. The van der Waals surface area contributed by atoms with Crippen molar-refractivity contribution in [2.24, 2.45) is 0 Å². The monoisotopic (exact) mass is 244 g/mol. The number of carboxylic acid groups (broad SMARTS) is 1. The van der Waals surface area contributed by atoms with Crippen molar-refractivity contribution in [2.75, 3.05) is 31.6 Å². The molecular weight excluding hydrogens is 228 g/mol. The van der Waals surface area contributed by atoms with Gasteiger partial charge in [-0.05, 0) is 18.4 Å². The number of terminal acetylenes is 1. The number of carboxylic acids is 1. The van der Waals surface area contributed by atoms with E-state index in [-0.39, 0.29) is 13.1 Å². The Morgan fingerprint density at radius 2 is 2.25 bits per heavy atom. The van der Waals surface area contributed by atoms with Crippen molar-refractivity contribution in [3.8, 4) is 12.3 Å². The third-order valence-corrected chi connectivity index (χ3v) is 2.39. The molecule has 0 radical (unpaired) electrons. The highest BCUT2D eigenvalue weighted by Gasteiger charge is 2.14. The minimum Gasteiger partial charge on any atom is -0.480 e.